The number of benzene rings is 1. The van der Waals surface area contributed by atoms with Crippen LogP contribution in [0.25, 0.3) is 0 Å². The lowest BCUT2D eigenvalue weighted by Gasteiger charge is -2.25. The minimum Gasteiger partial charge on any atom is -0.301 e. The third kappa shape index (κ3) is 3.00. The van der Waals surface area contributed by atoms with E-state index < -0.39 is 10.3 Å². The van der Waals surface area contributed by atoms with Crippen molar-refractivity contribution in [1.82, 2.24) is 4.98 Å². The van der Waals surface area contributed by atoms with E-state index >= 15 is 0 Å². The van der Waals surface area contributed by atoms with E-state index in [4.69, 9.17) is 0 Å². The molecule has 4 rings (SSSR count). The molecule has 2 unspecified atom stereocenters. The molecule has 136 valence electrons. The van der Waals surface area contributed by atoms with E-state index in [1.165, 1.54) is 55.6 Å². The lowest BCUT2D eigenvalue weighted by Crippen LogP contribution is -2.32. The number of aromatic nitrogens is 1. The summed E-state index contributed by atoms with van der Waals surface area (Å²) in [5, 5.41) is 16.4. The monoisotopic (exact) mass is 371 g/mol. The van der Waals surface area contributed by atoms with Gasteiger partial charge in [0.1, 0.15) is 0 Å². The Bertz CT molecular complexity index is 800. The Morgan fingerprint density at radius 2 is 1.96 bits per heavy atom. The van der Waals surface area contributed by atoms with Gasteiger partial charge in [0.2, 0.25) is 5.91 Å². The van der Waals surface area contributed by atoms with E-state index in [1.54, 1.807) is 18.3 Å². The number of nitrogens with zero attached hydrogens (tertiary/aromatic N) is 2. The molecule has 0 radical (unpaired) electrons. The van der Waals surface area contributed by atoms with Gasteiger partial charge in [-0.2, -0.15) is 0 Å². The van der Waals surface area contributed by atoms with Crippen molar-refractivity contribution in [3.63, 3.8) is 0 Å². The number of carbonyl (C=O) groups excluding carboxylic acids is 1. The molecule has 2 atom stereocenters. The van der Waals surface area contributed by atoms with Gasteiger partial charge in [-0.25, -0.2) is 4.98 Å². The van der Waals surface area contributed by atoms with Gasteiger partial charge in [0.25, 0.3) is 5.69 Å². The summed E-state index contributed by atoms with van der Waals surface area (Å²) in [6.45, 7) is 0. The molecule has 0 aliphatic heterocycles. The predicted molar refractivity (Wildman–Crippen MR) is 100 cm³/mol. The number of nitro groups is 1. The van der Waals surface area contributed by atoms with Gasteiger partial charge < -0.3 is 5.32 Å². The van der Waals surface area contributed by atoms with Crippen LogP contribution in [0.3, 0.4) is 0 Å². The summed E-state index contributed by atoms with van der Waals surface area (Å²) in [4.78, 5) is 27.9. The fraction of sp³-hybridized carbons (Fsp3) is 0.474. The number of carbonyl (C=O) groups is 1. The SMILES string of the molecule is O=C(Nc1nccs1)C1(c2ccc([N+](=O)[O-])cc2)CC1C1CCCCC1. The number of hydrogen-bond acceptors (Lipinski definition) is 5. The lowest BCUT2D eigenvalue weighted by molar-refractivity contribution is -0.384. The Labute approximate surface area is 155 Å². The van der Waals surface area contributed by atoms with Crippen molar-refractivity contribution in [2.45, 2.75) is 43.9 Å². The normalized spacial score (nSPS) is 25.6. The zero-order valence-corrected chi connectivity index (χ0v) is 15.2. The highest BCUT2D eigenvalue weighted by atomic mass is 32.1. The maximum atomic E-state index is 13.2. The molecule has 2 fully saturated rings. The molecular formula is C19H21N3O3S. The molecule has 1 amide bonds. The van der Waals surface area contributed by atoms with Gasteiger partial charge in [-0.3, -0.25) is 14.9 Å². The van der Waals surface area contributed by atoms with Crippen molar-refractivity contribution in [1.29, 1.82) is 0 Å². The van der Waals surface area contributed by atoms with E-state index in [1.807, 2.05) is 5.38 Å². The Morgan fingerprint density at radius 1 is 1.23 bits per heavy atom. The molecule has 2 aliphatic rings. The van der Waals surface area contributed by atoms with Crippen LogP contribution in [0.15, 0.2) is 35.8 Å². The van der Waals surface area contributed by atoms with Gasteiger partial charge in [-0.15, -0.1) is 11.3 Å². The van der Waals surface area contributed by atoms with Gasteiger partial charge in [0, 0.05) is 23.7 Å². The molecule has 6 nitrogen and oxygen atoms in total. The fourth-order valence-electron chi connectivity index (χ4n) is 4.49. The first-order chi connectivity index (χ1) is 12.6. The standard InChI is InChI=1S/C19H21N3O3S/c23-17(21-18-20-10-11-26-18)19(12-16(19)13-4-2-1-3-5-13)14-6-8-15(9-7-14)22(24)25/h6-11,13,16H,1-5,12H2,(H,20,21,23). The molecular weight excluding hydrogens is 350 g/mol. The number of non-ortho nitro benzene ring substituents is 1. The molecule has 1 N–H and O–H groups in total. The second-order valence-corrected chi connectivity index (χ2v) is 8.17. The minimum absolute atomic E-state index is 0.0307. The van der Waals surface area contributed by atoms with Crippen LogP contribution < -0.4 is 5.32 Å². The average molecular weight is 371 g/mol. The van der Waals surface area contributed by atoms with Crippen molar-refractivity contribution < 1.29 is 9.72 Å². The first-order valence-corrected chi connectivity index (χ1v) is 9.95. The molecule has 1 heterocycles. The number of hydrogen-bond donors (Lipinski definition) is 1. The first-order valence-electron chi connectivity index (χ1n) is 9.07. The highest BCUT2D eigenvalue weighted by Gasteiger charge is 2.63. The molecule has 0 saturated heterocycles. The van der Waals surface area contributed by atoms with Crippen molar-refractivity contribution in [3.05, 3.63) is 51.5 Å². The van der Waals surface area contributed by atoms with E-state index in [2.05, 4.69) is 10.3 Å². The van der Waals surface area contributed by atoms with Gasteiger partial charge in [-0.1, -0.05) is 44.2 Å². The highest BCUT2D eigenvalue weighted by molar-refractivity contribution is 7.13. The molecule has 0 spiro atoms. The average Bonchev–Trinajstić information content (AvgIpc) is 3.24. The van der Waals surface area contributed by atoms with Crippen LogP contribution in [-0.4, -0.2) is 15.8 Å². The summed E-state index contributed by atoms with van der Waals surface area (Å²) in [6, 6.07) is 6.51. The summed E-state index contributed by atoms with van der Waals surface area (Å²) < 4.78 is 0. The minimum atomic E-state index is -0.581. The maximum Gasteiger partial charge on any atom is 0.269 e. The van der Waals surface area contributed by atoms with Crippen LogP contribution in [0.4, 0.5) is 10.8 Å². The molecule has 2 saturated carbocycles. The third-order valence-electron chi connectivity index (χ3n) is 5.88. The van der Waals surface area contributed by atoms with Gasteiger partial charge in [0.15, 0.2) is 5.13 Å². The van der Waals surface area contributed by atoms with Crippen LogP contribution in [0.5, 0.6) is 0 Å². The zero-order valence-electron chi connectivity index (χ0n) is 14.4. The maximum absolute atomic E-state index is 13.2. The van der Waals surface area contributed by atoms with E-state index in [0.29, 0.717) is 17.0 Å². The summed E-state index contributed by atoms with van der Waals surface area (Å²) in [7, 11) is 0. The molecule has 0 bridgehead atoms. The van der Waals surface area contributed by atoms with Crippen LogP contribution in [0.2, 0.25) is 0 Å². The molecule has 1 aromatic carbocycles. The molecule has 2 aliphatic carbocycles. The van der Waals surface area contributed by atoms with E-state index in [-0.39, 0.29) is 11.6 Å². The summed E-state index contributed by atoms with van der Waals surface area (Å²) in [5.74, 6) is 0.835. The largest absolute Gasteiger partial charge is 0.301 e. The number of nitro benzene ring substituents is 1. The highest BCUT2D eigenvalue weighted by Crippen LogP contribution is 2.61. The lowest BCUT2D eigenvalue weighted by atomic mass is 9.80. The van der Waals surface area contributed by atoms with Crippen LogP contribution in [-0.2, 0) is 10.2 Å². The Morgan fingerprint density at radius 3 is 2.58 bits per heavy atom. The van der Waals surface area contributed by atoms with Crippen LogP contribution in [0.1, 0.15) is 44.1 Å². The molecule has 1 aromatic heterocycles. The van der Waals surface area contributed by atoms with E-state index in [0.717, 1.165) is 12.0 Å². The Hall–Kier alpha value is -2.28. The van der Waals surface area contributed by atoms with Gasteiger partial charge in [-0.05, 0) is 23.8 Å². The summed E-state index contributed by atoms with van der Waals surface area (Å²) in [5.41, 5.74) is 0.356. The van der Waals surface area contributed by atoms with Crippen LogP contribution in [0, 0.1) is 22.0 Å². The first kappa shape index (κ1) is 17.1. The molecule has 7 heteroatoms. The Kier molecular flexibility index (Phi) is 4.48. The molecule has 2 aromatic rings. The summed E-state index contributed by atoms with van der Waals surface area (Å²) in [6.07, 6.45) is 8.56. The van der Waals surface area contributed by atoms with Crippen molar-refractivity contribution in [3.8, 4) is 0 Å². The number of nitrogens with one attached hydrogen (secondary N) is 1. The predicted octanol–water partition coefficient (Wildman–Crippen LogP) is 4.53. The number of thiazole rings is 1. The van der Waals surface area contributed by atoms with Crippen molar-refractivity contribution in [2.24, 2.45) is 11.8 Å². The smallest absolute Gasteiger partial charge is 0.269 e. The second-order valence-electron chi connectivity index (χ2n) is 7.28. The third-order valence-corrected chi connectivity index (χ3v) is 6.57. The summed E-state index contributed by atoms with van der Waals surface area (Å²) >= 11 is 1.40. The molecule has 26 heavy (non-hydrogen) atoms. The Balaban J connectivity index is 1.63. The number of amides is 1. The van der Waals surface area contributed by atoms with Crippen molar-refractivity contribution in [2.75, 3.05) is 5.32 Å². The van der Waals surface area contributed by atoms with Crippen molar-refractivity contribution >= 4 is 28.1 Å². The van der Waals surface area contributed by atoms with E-state index in [9.17, 15) is 14.9 Å². The topological polar surface area (TPSA) is 85.1 Å². The fourth-order valence-corrected chi connectivity index (χ4v) is 5.02. The zero-order chi connectivity index (χ0) is 18.1. The van der Waals surface area contributed by atoms with Gasteiger partial charge >= 0.3 is 0 Å². The number of rotatable bonds is 5. The van der Waals surface area contributed by atoms with Crippen LogP contribution >= 0.6 is 11.3 Å². The number of anilines is 1. The van der Waals surface area contributed by atoms with Gasteiger partial charge in [0.05, 0.1) is 10.3 Å². The second kappa shape index (κ2) is 6.79. The quantitative estimate of drug-likeness (QED) is 0.618.